The summed E-state index contributed by atoms with van der Waals surface area (Å²) in [6.45, 7) is 3.50. The molecule has 0 spiro atoms. The smallest absolute Gasteiger partial charge is 0.407 e. The van der Waals surface area contributed by atoms with Crippen LogP contribution in [0.4, 0.5) is 10.6 Å². The average molecular weight is 523 g/mol. The van der Waals surface area contributed by atoms with Crippen LogP contribution >= 0.6 is 0 Å². The molecule has 0 saturated carbocycles. The van der Waals surface area contributed by atoms with E-state index in [0.29, 0.717) is 52.6 Å². The molecule has 3 heterocycles. The summed E-state index contributed by atoms with van der Waals surface area (Å²) in [6, 6.07) is 11.3. The van der Waals surface area contributed by atoms with Crippen molar-refractivity contribution in [2.45, 2.75) is 18.4 Å². The fourth-order valence-electron chi connectivity index (χ4n) is 4.17. The molecule has 0 aliphatic carbocycles. The van der Waals surface area contributed by atoms with Gasteiger partial charge in [-0.15, -0.1) is 0 Å². The molecule has 1 amide bonds. The predicted octanol–water partition coefficient (Wildman–Crippen LogP) is 3.39. The minimum atomic E-state index is -1.64. The molecule has 12 heteroatoms. The van der Waals surface area contributed by atoms with Crippen LogP contribution in [0.15, 0.2) is 63.8 Å². The summed E-state index contributed by atoms with van der Waals surface area (Å²) in [5, 5.41) is 10.2. The number of fused-ring (bicyclic) bond motifs is 2. The quantitative estimate of drug-likeness (QED) is 0.319. The molecule has 0 bridgehead atoms. The van der Waals surface area contributed by atoms with Crippen molar-refractivity contribution in [3.8, 4) is 5.75 Å². The van der Waals surface area contributed by atoms with E-state index < -0.39 is 17.1 Å². The molecule has 11 nitrogen and oxygen atoms in total. The molecule has 4 aromatic rings. The van der Waals surface area contributed by atoms with Gasteiger partial charge in [0.1, 0.15) is 11.1 Å². The molecule has 0 radical (unpaired) electrons. The van der Waals surface area contributed by atoms with Gasteiger partial charge in [0, 0.05) is 30.9 Å². The highest BCUT2D eigenvalue weighted by atomic mass is 32.2. The van der Waals surface area contributed by atoms with Crippen LogP contribution in [0.25, 0.3) is 21.9 Å². The Morgan fingerprint density at radius 1 is 1.27 bits per heavy atom. The fraction of sp³-hybridized carbons (Fsp3) is 0.240. The molecule has 1 unspecified atom stereocenters. The summed E-state index contributed by atoms with van der Waals surface area (Å²) >= 11 is 0. The second-order valence-corrected chi connectivity index (χ2v) is 9.63. The van der Waals surface area contributed by atoms with E-state index >= 15 is 0 Å². The normalized spacial score (nSPS) is 14.0. The number of anilines is 1. The van der Waals surface area contributed by atoms with Gasteiger partial charge in [-0.3, -0.25) is 9.71 Å². The Labute approximate surface area is 215 Å². The monoisotopic (exact) mass is 522 g/mol. The molecule has 0 fully saturated rings. The number of aromatic nitrogens is 2. The third kappa shape index (κ3) is 5.06. The zero-order valence-electron chi connectivity index (χ0n) is 20.5. The molecule has 1 aliphatic heterocycles. The standard InChI is InChI=1S/C25H26N6O5S/c1-15-7-8-26-23-18(15)5-4-6-21(23)37(33)30-24-22-19(34-2)9-16(10-20(22)36-29-24)13-31-14-17(12-28-31)11-27-25(32)35-3/h4-10,14,28H,11-13H2,1-3H3,(H,27,32)(H,29,30). The van der Waals surface area contributed by atoms with E-state index in [-0.39, 0.29) is 0 Å². The summed E-state index contributed by atoms with van der Waals surface area (Å²) in [6.07, 6.45) is 3.16. The van der Waals surface area contributed by atoms with Crippen LogP contribution in [0.3, 0.4) is 0 Å². The lowest BCUT2D eigenvalue weighted by Crippen LogP contribution is -2.29. The summed E-state index contributed by atoms with van der Waals surface area (Å²) < 4.78 is 32.1. The van der Waals surface area contributed by atoms with Gasteiger partial charge in [-0.05, 0) is 47.9 Å². The van der Waals surface area contributed by atoms with Gasteiger partial charge in [0.2, 0.25) is 0 Å². The number of ether oxygens (including phenoxy) is 2. The lowest BCUT2D eigenvalue weighted by Gasteiger charge is -2.16. The second-order valence-electron chi connectivity index (χ2n) is 8.45. The van der Waals surface area contributed by atoms with Crippen molar-refractivity contribution in [2.24, 2.45) is 0 Å². The molecule has 37 heavy (non-hydrogen) atoms. The highest BCUT2D eigenvalue weighted by Crippen LogP contribution is 2.35. The number of alkyl carbamates (subject to hydrolysis) is 1. The Bertz CT molecular complexity index is 1540. The van der Waals surface area contributed by atoms with E-state index in [2.05, 4.69) is 30.3 Å². The topological polar surface area (TPSA) is 131 Å². The van der Waals surface area contributed by atoms with Crippen molar-refractivity contribution < 1.29 is 23.0 Å². The number of rotatable bonds is 8. The van der Waals surface area contributed by atoms with Gasteiger partial charge in [-0.2, -0.15) is 0 Å². The molecule has 2 aromatic heterocycles. The summed E-state index contributed by atoms with van der Waals surface area (Å²) in [5.41, 5.74) is 7.39. The van der Waals surface area contributed by atoms with E-state index in [1.54, 1.807) is 19.4 Å². The number of aryl methyl sites for hydroxylation is 1. The van der Waals surface area contributed by atoms with E-state index in [1.165, 1.54) is 7.11 Å². The third-order valence-electron chi connectivity index (χ3n) is 6.00. The summed E-state index contributed by atoms with van der Waals surface area (Å²) in [7, 11) is 1.26. The summed E-state index contributed by atoms with van der Waals surface area (Å²) in [4.78, 5) is 16.3. The maximum absolute atomic E-state index is 13.3. The first-order valence-corrected chi connectivity index (χ1v) is 12.6. The van der Waals surface area contributed by atoms with Gasteiger partial charge < -0.3 is 24.3 Å². The van der Waals surface area contributed by atoms with E-state index in [4.69, 9.17) is 9.26 Å². The minimum Gasteiger partial charge on any atom is -0.496 e. The number of amides is 1. The predicted molar refractivity (Wildman–Crippen MR) is 139 cm³/mol. The van der Waals surface area contributed by atoms with Gasteiger partial charge in [0.25, 0.3) is 0 Å². The molecule has 192 valence electrons. The lowest BCUT2D eigenvalue weighted by molar-refractivity contribution is 0.172. The molecule has 1 aliphatic rings. The second kappa shape index (κ2) is 10.4. The van der Waals surface area contributed by atoms with Crippen LogP contribution in [-0.2, 0) is 22.3 Å². The molecule has 1 atom stereocenters. The summed E-state index contributed by atoms with van der Waals surface area (Å²) in [5.74, 6) is 0.854. The number of hydrogen-bond acceptors (Lipinski definition) is 9. The van der Waals surface area contributed by atoms with E-state index in [0.717, 1.165) is 22.1 Å². The van der Waals surface area contributed by atoms with Gasteiger partial charge in [-0.25, -0.2) is 14.4 Å². The van der Waals surface area contributed by atoms with Crippen LogP contribution < -0.4 is 20.2 Å². The fourth-order valence-corrected chi connectivity index (χ4v) is 5.14. The number of carbonyl (C=O) groups excluding carboxylic acids is 1. The number of methoxy groups -OCH3 is 2. The molecular weight excluding hydrogens is 496 g/mol. The van der Waals surface area contributed by atoms with Crippen molar-refractivity contribution in [3.63, 3.8) is 0 Å². The molecule has 0 saturated heterocycles. The Kier molecular flexibility index (Phi) is 6.93. The van der Waals surface area contributed by atoms with Gasteiger partial charge in [0.15, 0.2) is 22.4 Å². The Hall–Kier alpha value is -4.16. The van der Waals surface area contributed by atoms with E-state index in [9.17, 15) is 9.00 Å². The highest BCUT2D eigenvalue weighted by molar-refractivity contribution is 7.86. The largest absolute Gasteiger partial charge is 0.496 e. The lowest BCUT2D eigenvalue weighted by atomic mass is 10.1. The SMILES string of the molecule is COC(=O)NCC1=CN(Cc2cc(OC)c3c(NS(=O)c4cccc5c(C)ccnc45)noc3c2)NC1. The number of benzene rings is 2. The number of nitrogens with one attached hydrogen (secondary N) is 3. The molecule has 2 aromatic carbocycles. The van der Waals surface area contributed by atoms with Crippen molar-refractivity contribution in [3.05, 3.63) is 65.5 Å². The average Bonchev–Trinajstić information content (AvgIpc) is 3.53. The minimum absolute atomic E-state index is 0.316. The third-order valence-corrected chi connectivity index (χ3v) is 7.11. The van der Waals surface area contributed by atoms with Crippen LogP contribution in [0.1, 0.15) is 11.1 Å². The first kappa shape index (κ1) is 24.5. The number of hydrazine groups is 1. The highest BCUT2D eigenvalue weighted by Gasteiger charge is 2.20. The first-order valence-electron chi connectivity index (χ1n) is 11.5. The van der Waals surface area contributed by atoms with Crippen molar-refractivity contribution in [1.82, 2.24) is 25.9 Å². The Morgan fingerprint density at radius 3 is 2.95 bits per heavy atom. The Morgan fingerprint density at radius 2 is 2.14 bits per heavy atom. The van der Waals surface area contributed by atoms with Gasteiger partial charge in [0.05, 0.1) is 31.2 Å². The van der Waals surface area contributed by atoms with E-state index in [1.807, 2.05) is 48.5 Å². The van der Waals surface area contributed by atoms with Crippen LogP contribution in [-0.4, -0.2) is 52.8 Å². The molecule has 3 N–H and O–H groups in total. The molecule has 5 rings (SSSR count). The number of para-hydroxylation sites is 1. The van der Waals surface area contributed by atoms with Crippen molar-refractivity contribution in [2.75, 3.05) is 32.0 Å². The first-order chi connectivity index (χ1) is 18.0. The van der Waals surface area contributed by atoms with Gasteiger partial charge in [-0.1, -0.05) is 17.3 Å². The maximum atomic E-state index is 13.3. The van der Waals surface area contributed by atoms with Crippen LogP contribution in [0.5, 0.6) is 5.75 Å². The van der Waals surface area contributed by atoms with Gasteiger partial charge >= 0.3 is 6.09 Å². The number of carbonyl (C=O) groups is 1. The molecular formula is C25H26N6O5S. The Balaban J connectivity index is 1.36. The van der Waals surface area contributed by atoms with Crippen LogP contribution in [0.2, 0.25) is 0 Å². The zero-order chi connectivity index (χ0) is 25.9. The maximum Gasteiger partial charge on any atom is 0.407 e. The number of pyridine rings is 1. The van der Waals surface area contributed by atoms with Crippen LogP contribution in [0, 0.1) is 6.92 Å². The zero-order valence-corrected chi connectivity index (χ0v) is 21.3. The van der Waals surface area contributed by atoms with Crippen molar-refractivity contribution >= 4 is 44.8 Å². The number of hydrogen-bond donors (Lipinski definition) is 3. The van der Waals surface area contributed by atoms with Crippen molar-refractivity contribution in [1.29, 1.82) is 0 Å². The number of nitrogens with zero attached hydrogens (tertiary/aromatic N) is 3.